The molecule has 0 unspecified atom stereocenters. The van der Waals surface area contributed by atoms with Crippen LogP contribution in [0.3, 0.4) is 0 Å². The molecule has 0 radical (unpaired) electrons. The fourth-order valence-electron chi connectivity index (χ4n) is 3.53. The average Bonchev–Trinajstić information content (AvgIpc) is 2.67. The predicted octanol–water partition coefficient (Wildman–Crippen LogP) is 3.92. The van der Waals surface area contributed by atoms with Gasteiger partial charge in [0, 0.05) is 37.2 Å². The lowest BCUT2D eigenvalue weighted by atomic mass is 9.89. The van der Waals surface area contributed by atoms with Crippen LogP contribution in [0.2, 0.25) is 0 Å². The molecule has 0 aliphatic carbocycles. The first-order valence-corrected chi connectivity index (χ1v) is 9.51. The molecule has 27 heavy (non-hydrogen) atoms. The number of hydrogen-bond donors (Lipinski definition) is 1. The molecule has 1 aromatic carbocycles. The number of aromatic hydroxyl groups is 1. The molecule has 1 amide bonds. The van der Waals surface area contributed by atoms with E-state index in [0.29, 0.717) is 36.7 Å². The molecule has 2 aromatic rings. The molecule has 1 aliphatic rings. The van der Waals surface area contributed by atoms with Crippen LogP contribution in [0.15, 0.2) is 42.6 Å². The number of hydrogen-bond acceptors (Lipinski definition) is 4. The summed E-state index contributed by atoms with van der Waals surface area (Å²) < 4.78 is 0. The number of amides is 1. The smallest absolute Gasteiger partial charge is 0.255 e. The van der Waals surface area contributed by atoms with Crippen molar-refractivity contribution in [2.45, 2.75) is 33.1 Å². The number of phenols is 1. The van der Waals surface area contributed by atoms with Crippen LogP contribution in [0.4, 0.5) is 0 Å². The lowest BCUT2D eigenvalue weighted by Gasteiger charge is -2.32. The van der Waals surface area contributed by atoms with Gasteiger partial charge in [-0.1, -0.05) is 26.0 Å². The summed E-state index contributed by atoms with van der Waals surface area (Å²) in [5.74, 6) is 0.661. The van der Waals surface area contributed by atoms with E-state index in [1.807, 2.05) is 19.9 Å². The van der Waals surface area contributed by atoms with Gasteiger partial charge < -0.3 is 10.0 Å². The third kappa shape index (κ3) is 4.73. The summed E-state index contributed by atoms with van der Waals surface area (Å²) in [7, 11) is 0. The Morgan fingerprint density at radius 2 is 2.07 bits per heavy atom. The van der Waals surface area contributed by atoms with Gasteiger partial charge in [-0.2, -0.15) is 0 Å². The second kappa shape index (κ2) is 8.33. The van der Waals surface area contributed by atoms with E-state index in [0.717, 1.165) is 18.4 Å². The molecule has 1 saturated heterocycles. The number of nitrogens with zero attached hydrogens (tertiary/aromatic N) is 2. The second-order valence-electron chi connectivity index (χ2n) is 7.64. The van der Waals surface area contributed by atoms with Crippen molar-refractivity contribution in [1.82, 2.24) is 9.88 Å². The van der Waals surface area contributed by atoms with Crippen LogP contribution in [-0.4, -0.2) is 39.8 Å². The topological polar surface area (TPSA) is 70.5 Å². The maximum Gasteiger partial charge on any atom is 0.255 e. The van der Waals surface area contributed by atoms with Crippen LogP contribution in [0, 0.1) is 11.8 Å². The second-order valence-corrected chi connectivity index (χ2v) is 7.64. The number of piperidine rings is 1. The van der Waals surface area contributed by atoms with Crippen LogP contribution in [0.1, 0.15) is 43.5 Å². The summed E-state index contributed by atoms with van der Waals surface area (Å²) in [4.78, 5) is 31.3. The first-order chi connectivity index (χ1) is 12.9. The lowest BCUT2D eigenvalue weighted by Crippen LogP contribution is -2.42. The van der Waals surface area contributed by atoms with Crippen molar-refractivity contribution in [3.8, 4) is 17.0 Å². The molecule has 1 atom stereocenters. The van der Waals surface area contributed by atoms with E-state index in [2.05, 4.69) is 4.98 Å². The number of ketones is 1. The van der Waals surface area contributed by atoms with Crippen molar-refractivity contribution in [3.05, 3.63) is 48.2 Å². The van der Waals surface area contributed by atoms with E-state index in [-0.39, 0.29) is 23.4 Å². The lowest BCUT2D eigenvalue weighted by molar-refractivity contribution is -0.124. The van der Waals surface area contributed by atoms with Gasteiger partial charge in [0.25, 0.3) is 5.91 Å². The van der Waals surface area contributed by atoms with Crippen LogP contribution >= 0.6 is 0 Å². The van der Waals surface area contributed by atoms with Crippen molar-refractivity contribution < 1.29 is 14.7 Å². The quantitative estimate of drug-likeness (QED) is 0.871. The molecule has 2 heterocycles. The molecule has 5 heteroatoms. The molecule has 0 saturated carbocycles. The van der Waals surface area contributed by atoms with E-state index < -0.39 is 0 Å². The van der Waals surface area contributed by atoms with Crippen molar-refractivity contribution in [3.63, 3.8) is 0 Å². The Balaban J connectivity index is 1.69. The van der Waals surface area contributed by atoms with Gasteiger partial charge in [-0.25, -0.2) is 0 Å². The highest BCUT2D eigenvalue weighted by Crippen LogP contribution is 2.24. The van der Waals surface area contributed by atoms with Gasteiger partial charge in [0.2, 0.25) is 0 Å². The summed E-state index contributed by atoms with van der Waals surface area (Å²) in [6.45, 7) is 5.27. The molecule has 1 fully saturated rings. The maximum atomic E-state index is 12.8. The zero-order chi connectivity index (χ0) is 19.4. The molecule has 1 aliphatic heterocycles. The summed E-state index contributed by atoms with van der Waals surface area (Å²) in [6, 6.07) is 10.4. The van der Waals surface area contributed by atoms with Gasteiger partial charge in [0.15, 0.2) is 0 Å². The molecule has 142 valence electrons. The third-order valence-corrected chi connectivity index (χ3v) is 4.93. The fraction of sp³-hybridized carbons (Fsp3) is 0.409. The summed E-state index contributed by atoms with van der Waals surface area (Å²) >= 11 is 0. The fourth-order valence-corrected chi connectivity index (χ4v) is 3.53. The number of pyridine rings is 1. The summed E-state index contributed by atoms with van der Waals surface area (Å²) in [6.07, 6.45) is 3.87. The van der Waals surface area contributed by atoms with Crippen molar-refractivity contribution in [2.24, 2.45) is 11.8 Å². The van der Waals surface area contributed by atoms with E-state index in [9.17, 15) is 14.7 Å². The minimum Gasteiger partial charge on any atom is -0.508 e. The summed E-state index contributed by atoms with van der Waals surface area (Å²) in [5.41, 5.74) is 2.02. The number of Topliss-reactive ketones (excluding diaryl/α,β-unsaturated/α-hetero) is 1. The Morgan fingerprint density at radius 1 is 1.26 bits per heavy atom. The number of phenolic OH excluding ortho intramolecular Hbond substituents is 1. The Labute approximate surface area is 160 Å². The first-order valence-electron chi connectivity index (χ1n) is 9.51. The Bertz CT molecular complexity index is 815. The average molecular weight is 366 g/mol. The Morgan fingerprint density at radius 3 is 2.74 bits per heavy atom. The van der Waals surface area contributed by atoms with Gasteiger partial charge >= 0.3 is 0 Å². The molecular formula is C22H26N2O3. The zero-order valence-corrected chi connectivity index (χ0v) is 15.9. The highest BCUT2D eigenvalue weighted by atomic mass is 16.3. The third-order valence-electron chi connectivity index (χ3n) is 4.93. The van der Waals surface area contributed by atoms with Crippen molar-refractivity contribution in [1.29, 1.82) is 0 Å². The van der Waals surface area contributed by atoms with E-state index in [4.69, 9.17) is 0 Å². The number of benzene rings is 1. The Hall–Kier alpha value is -2.69. The monoisotopic (exact) mass is 366 g/mol. The number of likely N-dealkylation sites (tertiary alicyclic amines) is 1. The molecule has 3 rings (SSSR count). The van der Waals surface area contributed by atoms with Gasteiger partial charge in [0.05, 0.1) is 11.3 Å². The van der Waals surface area contributed by atoms with Gasteiger partial charge in [0.1, 0.15) is 11.5 Å². The minimum atomic E-state index is -0.0768. The predicted molar refractivity (Wildman–Crippen MR) is 104 cm³/mol. The molecule has 0 spiro atoms. The van der Waals surface area contributed by atoms with Gasteiger partial charge in [-0.05, 0) is 43.0 Å². The van der Waals surface area contributed by atoms with Crippen LogP contribution < -0.4 is 0 Å². The SMILES string of the molecule is CC(C)CC(=O)[C@@H]1CCCN(C(=O)c2ccc(-c3cccc(O)c3)nc2)C1. The zero-order valence-electron chi connectivity index (χ0n) is 15.9. The number of aromatic nitrogens is 1. The van der Waals surface area contributed by atoms with Crippen molar-refractivity contribution in [2.75, 3.05) is 13.1 Å². The molecule has 5 nitrogen and oxygen atoms in total. The Kier molecular flexibility index (Phi) is 5.89. The van der Waals surface area contributed by atoms with Crippen LogP contribution in [0.5, 0.6) is 5.75 Å². The van der Waals surface area contributed by atoms with Gasteiger partial charge in [-0.15, -0.1) is 0 Å². The standard InChI is InChI=1S/C22H26N2O3/c1-15(2)11-21(26)18-6-4-10-24(14-18)22(27)17-8-9-20(23-13-17)16-5-3-7-19(25)12-16/h3,5,7-9,12-13,15,18,25H,4,6,10-11,14H2,1-2H3/t18-/m1/s1. The molecule has 1 N–H and O–H groups in total. The normalized spacial score (nSPS) is 17.1. The molecule has 0 bridgehead atoms. The first kappa shape index (κ1) is 19.1. The summed E-state index contributed by atoms with van der Waals surface area (Å²) in [5, 5.41) is 9.60. The number of rotatable bonds is 5. The minimum absolute atomic E-state index is 0.0513. The van der Waals surface area contributed by atoms with E-state index in [1.165, 1.54) is 0 Å². The van der Waals surface area contributed by atoms with Crippen LogP contribution in [-0.2, 0) is 4.79 Å². The number of carbonyl (C=O) groups is 2. The number of carbonyl (C=O) groups excluding carboxylic acids is 2. The molecule has 1 aromatic heterocycles. The van der Waals surface area contributed by atoms with Crippen molar-refractivity contribution >= 4 is 11.7 Å². The van der Waals surface area contributed by atoms with Gasteiger partial charge in [-0.3, -0.25) is 14.6 Å². The van der Waals surface area contributed by atoms with E-state index >= 15 is 0 Å². The van der Waals surface area contributed by atoms with E-state index in [1.54, 1.807) is 41.4 Å². The van der Waals surface area contributed by atoms with Crippen LogP contribution in [0.25, 0.3) is 11.3 Å². The maximum absolute atomic E-state index is 12.8. The molecular weight excluding hydrogens is 340 g/mol. The largest absolute Gasteiger partial charge is 0.508 e. The highest BCUT2D eigenvalue weighted by Gasteiger charge is 2.29. The highest BCUT2D eigenvalue weighted by molar-refractivity contribution is 5.94.